The highest BCUT2D eigenvalue weighted by Crippen LogP contribution is 2.31. The molecule has 0 spiro atoms. The van der Waals surface area contributed by atoms with Gasteiger partial charge >= 0.3 is 0 Å². The Bertz CT molecular complexity index is 470. The lowest BCUT2D eigenvalue weighted by atomic mass is 9.82. The lowest BCUT2D eigenvalue weighted by Crippen LogP contribution is -2.55. The minimum atomic E-state index is 0.368. The number of halogens is 1. The van der Waals surface area contributed by atoms with Gasteiger partial charge in [-0.25, -0.2) is 0 Å². The Kier molecular flexibility index (Phi) is 4.69. The molecule has 3 nitrogen and oxygen atoms in total. The summed E-state index contributed by atoms with van der Waals surface area (Å²) in [5.41, 5.74) is 1.21. The van der Waals surface area contributed by atoms with Crippen LogP contribution in [0.3, 0.4) is 0 Å². The van der Waals surface area contributed by atoms with Crippen LogP contribution < -0.4 is 4.90 Å². The zero-order chi connectivity index (χ0) is 14.7. The summed E-state index contributed by atoms with van der Waals surface area (Å²) in [5, 5.41) is 0.772. The molecule has 1 atom stereocenters. The van der Waals surface area contributed by atoms with Crippen molar-refractivity contribution in [2.24, 2.45) is 5.92 Å². The maximum absolute atomic E-state index is 11.4. The highest BCUT2D eigenvalue weighted by Gasteiger charge is 2.33. The van der Waals surface area contributed by atoms with Gasteiger partial charge in [-0.1, -0.05) is 30.9 Å². The Labute approximate surface area is 131 Å². The Morgan fingerprint density at radius 2 is 1.76 bits per heavy atom. The van der Waals surface area contributed by atoms with E-state index in [-0.39, 0.29) is 0 Å². The van der Waals surface area contributed by atoms with Crippen LogP contribution in [0, 0.1) is 5.92 Å². The number of benzene rings is 1. The molecule has 1 saturated heterocycles. The summed E-state index contributed by atoms with van der Waals surface area (Å²) in [4.78, 5) is 15.8. The number of amides is 1. The van der Waals surface area contributed by atoms with Crippen molar-refractivity contribution in [3.05, 3.63) is 29.3 Å². The molecule has 0 radical (unpaired) electrons. The first kappa shape index (κ1) is 14.7. The van der Waals surface area contributed by atoms with Gasteiger partial charge in [0, 0.05) is 30.3 Å². The first-order valence-corrected chi connectivity index (χ1v) is 8.37. The summed E-state index contributed by atoms with van der Waals surface area (Å²) in [6, 6.07) is 8.41. The van der Waals surface area contributed by atoms with E-state index in [1.165, 1.54) is 37.8 Å². The smallest absolute Gasteiger partial charge is 0.210 e. The fourth-order valence-electron chi connectivity index (χ4n) is 3.78. The Balaban J connectivity index is 1.73. The van der Waals surface area contributed by atoms with E-state index >= 15 is 0 Å². The van der Waals surface area contributed by atoms with Crippen LogP contribution >= 0.6 is 11.6 Å². The molecule has 1 aliphatic carbocycles. The van der Waals surface area contributed by atoms with Gasteiger partial charge in [0.15, 0.2) is 0 Å². The molecule has 1 saturated carbocycles. The van der Waals surface area contributed by atoms with E-state index < -0.39 is 0 Å². The molecule has 1 heterocycles. The van der Waals surface area contributed by atoms with Gasteiger partial charge in [0.05, 0.1) is 6.04 Å². The van der Waals surface area contributed by atoms with Gasteiger partial charge in [-0.15, -0.1) is 0 Å². The fraction of sp³-hybridized carbons (Fsp3) is 0.588. The number of piperazine rings is 1. The summed E-state index contributed by atoms with van der Waals surface area (Å²) >= 11 is 5.97. The molecule has 2 aliphatic rings. The first-order chi connectivity index (χ1) is 10.3. The van der Waals surface area contributed by atoms with Gasteiger partial charge in [-0.3, -0.25) is 4.79 Å². The van der Waals surface area contributed by atoms with Crippen LogP contribution in [0.1, 0.15) is 32.1 Å². The average Bonchev–Trinajstić information content (AvgIpc) is 2.56. The lowest BCUT2D eigenvalue weighted by Gasteiger charge is -2.45. The van der Waals surface area contributed by atoms with Gasteiger partial charge in [0.2, 0.25) is 6.41 Å². The Morgan fingerprint density at radius 1 is 1.05 bits per heavy atom. The second kappa shape index (κ2) is 6.69. The van der Waals surface area contributed by atoms with Crippen LogP contribution in [-0.2, 0) is 4.79 Å². The lowest BCUT2D eigenvalue weighted by molar-refractivity contribution is -0.122. The van der Waals surface area contributed by atoms with E-state index in [0.717, 1.165) is 31.1 Å². The second-order valence-corrected chi connectivity index (χ2v) is 6.67. The highest BCUT2D eigenvalue weighted by molar-refractivity contribution is 6.30. The van der Waals surface area contributed by atoms with Crippen molar-refractivity contribution in [3.63, 3.8) is 0 Å². The van der Waals surface area contributed by atoms with Crippen molar-refractivity contribution in [1.82, 2.24) is 4.90 Å². The molecule has 4 heteroatoms. The zero-order valence-electron chi connectivity index (χ0n) is 12.4. The van der Waals surface area contributed by atoms with Crippen LogP contribution in [0.4, 0.5) is 5.69 Å². The Hall–Kier alpha value is -1.22. The molecular formula is C17H23ClN2O. The third-order valence-corrected chi connectivity index (χ3v) is 5.23. The number of carbonyl (C=O) groups is 1. The zero-order valence-corrected chi connectivity index (χ0v) is 13.1. The highest BCUT2D eigenvalue weighted by atomic mass is 35.5. The molecule has 21 heavy (non-hydrogen) atoms. The molecular weight excluding hydrogens is 284 g/mol. The average molecular weight is 307 g/mol. The summed E-state index contributed by atoms with van der Waals surface area (Å²) in [6.45, 7) is 2.68. The second-order valence-electron chi connectivity index (χ2n) is 6.23. The van der Waals surface area contributed by atoms with E-state index in [9.17, 15) is 4.79 Å². The molecule has 1 aliphatic heterocycles. The normalized spacial score (nSPS) is 24.1. The van der Waals surface area contributed by atoms with Crippen LogP contribution in [0.15, 0.2) is 24.3 Å². The minimum absolute atomic E-state index is 0.368. The first-order valence-electron chi connectivity index (χ1n) is 7.99. The van der Waals surface area contributed by atoms with Gasteiger partial charge in [-0.05, 0) is 43.0 Å². The molecule has 1 aromatic rings. The van der Waals surface area contributed by atoms with Crippen LogP contribution in [0.5, 0.6) is 0 Å². The van der Waals surface area contributed by atoms with Gasteiger partial charge < -0.3 is 9.80 Å². The van der Waals surface area contributed by atoms with Crippen LogP contribution in [0.25, 0.3) is 0 Å². The maximum atomic E-state index is 11.4. The van der Waals surface area contributed by atoms with Crippen molar-refractivity contribution in [2.45, 2.75) is 38.1 Å². The topological polar surface area (TPSA) is 23.6 Å². The van der Waals surface area contributed by atoms with E-state index in [1.807, 2.05) is 17.0 Å². The van der Waals surface area contributed by atoms with Gasteiger partial charge in [0.1, 0.15) is 0 Å². The largest absolute Gasteiger partial charge is 0.368 e. The van der Waals surface area contributed by atoms with Crippen molar-refractivity contribution < 1.29 is 4.79 Å². The van der Waals surface area contributed by atoms with E-state index in [1.54, 1.807) is 0 Å². The summed E-state index contributed by atoms with van der Waals surface area (Å²) in [6.07, 6.45) is 7.57. The van der Waals surface area contributed by atoms with E-state index in [0.29, 0.717) is 12.0 Å². The minimum Gasteiger partial charge on any atom is -0.368 e. The number of hydrogen-bond donors (Lipinski definition) is 0. The van der Waals surface area contributed by atoms with Crippen LogP contribution in [-0.4, -0.2) is 37.0 Å². The molecule has 3 rings (SSSR count). The third kappa shape index (κ3) is 3.34. The summed E-state index contributed by atoms with van der Waals surface area (Å²) in [7, 11) is 0. The van der Waals surface area contributed by atoms with Crippen molar-refractivity contribution in [3.8, 4) is 0 Å². The Morgan fingerprint density at radius 3 is 2.43 bits per heavy atom. The number of hydrogen-bond acceptors (Lipinski definition) is 2. The van der Waals surface area contributed by atoms with Gasteiger partial charge in [0.25, 0.3) is 0 Å². The predicted octanol–water partition coefficient (Wildman–Crippen LogP) is 3.57. The molecule has 0 aromatic heterocycles. The molecule has 0 bridgehead atoms. The predicted molar refractivity (Wildman–Crippen MR) is 86.8 cm³/mol. The molecule has 2 fully saturated rings. The molecule has 1 amide bonds. The maximum Gasteiger partial charge on any atom is 0.210 e. The monoisotopic (exact) mass is 306 g/mol. The fourth-order valence-corrected chi connectivity index (χ4v) is 3.91. The van der Waals surface area contributed by atoms with E-state index in [4.69, 9.17) is 11.6 Å². The SMILES string of the molecule is O=CN1CCN(c2ccc(Cl)cc2)CC1C1CCCCC1. The van der Waals surface area contributed by atoms with Crippen molar-refractivity contribution >= 4 is 23.7 Å². The number of carbonyl (C=O) groups excluding carboxylic acids is 1. The van der Waals surface area contributed by atoms with Gasteiger partial charge in [-0.2, -0.15) is 0 Å². The molecule has 0 N–H and O–H groups in total. The number of nitrogens with zero attached hydrogens (tertiary/aromatic N) is 2. The van der Waals surface area contributed by atoms with Crippen molar-refractivity contribution in [1.29, 1.82) is 0 Å². The summed E-state index contributed by atoms with van der Waals surface area (Å²) < 4.78 is 0. The number of anilines is 1. The molecule has 114 valence electrons. The quantitative estimate of drug-likeness (QED) is 0.797. The third-order valence-electron chi connectivity index (χ3n) is 4.98. The molecule has 1 unspecified atom stereocenters. The van der Waals surface area contributed by atoms with Crippen LogP contribution in [0.2, 0.25) is 5.02 Å². The van der Waals surface area contributed by atoms with Crippen molar-refractivity contribution in [2.75, 3.05) is 24.5 Å². The number of rotatable bonds is 3. The standard InChI is InChI=1S/C17H23ClN2O/c18-15-6-8-16(9-7-15)19-10-11-20(13-21)17(12-19)14-4-2-1-3-5-14/h6-9,13-14,17H,1-5,10-12H2. The summed E-state index contributed by atoms with van der Waals surface area (Å²) in [5.74, 6) is 0.666. The van der Waals surface area contributed by atoms with E-state index in [2.05, 4.69) is 17.0 Å². The molecule has 1 aromatic carbocycles.